The van der Waals surface area contributed by atoms with Crippen molar-refractivity contribution in [2.45, 2.75) is 46.8 Å². The summed E-state index contributed by atoms with van der Waals surface area (Å²) in [6.45, 7) is 9.32. The molecule has 1 heterocycles. The standard InChI is InChI=1S/C16H22FN3/c1-11(2)20-10-15(9-19-20)8-18-7-14-5-12(3)16(17)13(4)6-14/h5-6,9-11,18H,7-8H2,1-4H3. The first kappa shape index (κ1) is 14.7. The van der Waals surface area contributed by atoms with Crippen molar-refractivity contribution >= 4 is 0 Å². The van der Waals surface area contributed by atoms with E-state index in [0.717, 1.165) is 24.2 Å². The van der Waals surface area contributed by atoms with Gasteiger partial charge in [0.05, 0.1) is 6.20 Å². The third kappa shape index (κ3) is 3.45. The minimum Gasteiger partial charge on any atom is -0.309 e. The van der Waals surface area contributed by atoms with Crippen molar-refractivity contribution in [1.82, 2.24) is 15.1 Å². The van der Waals surface area contributed by atoms with Crippen LogP contribution in [0.4, 0.5) is 4.39 Å². The predicted molar refractivity (Wildman–Crippen MR) is 79.0 cm³/mol. The van der Waals surface area contributed by atoms with E-state index >= 15 is 0 Å². The van der Waals surface area contributed by atoms with Crippen LogP contribution in [0, 0.1) is 19.7 Å². The van der Waals surface area contributed by atoms with Gasteiger partial charge in [-0.25, -0.2) is 4.39 Å². The summed E-state index contributed by atoms with van der Waals surface area (Å²) in [6, 6.07) is 4.17. The van der Waals surface area contributed by atoms with Gasteiger partial charge >= 0.3 is 0 Å². The molecule has 0 radical (unpaired) electrons. The first-order chi connectivity index (χ1) is 9.47. The summed E-state index contributed by atoms with van der Waals surface area (Å²) in [5.74, 6) is -0.105. The van der Waals surface area contributed by atoms with Crippen molar-refractivity contribution in [3.05, 3.63) is 52.6 Å². The molecule has 1 aromatic heterocycles. The van der Waals surface area contributed by atoms with E-state index in [0.29, 0.717) is 17.2 Å². The average molecular weight is 275 g/mol. The lowest BCUT2D eigenvalue weighted by molar-refractivity contribution is 0.531. The van der Waals surface area contributed by atoms with Gasteiger partial charge in [0.2, 0.25) is 0 Å². The van der Waals surface area contributed by atoms with E-state index in [2.05, 4.69) is 30.5 Å². The molecule has 0 saturated carbocycles. The highest BCUT2D eigenvalue weighted by Crippen LogP contribution is 2.14. The Bertz CT molecular complexity index is 564. The monoisotopic (exact) mass is 275 g/mol. The summed E-state index contributed by atoms with van der Waals surface area (Å²) in [7, 11) is 0. The van der Waals surface area contributed by atoms with Crippen LogP contribution < -0.4 is 5.32 Å². The summed E-state index contributed by atoms with van der Waals surface area (Å²) in [5.41, 5.74) is 3.68. The Hall–Kier alpha value is -1.68. The number of hydrogen-bond acceptors (Lipinski definition) is 2. The highest BCUT2D eigenvalue weighted by Gasteiger charge is 2.05. The molecule has 0 saturated heterocycles. The lowest BCUT2D eigenvalue weighted by atomic mass is 10.1. The van der Waals surface area contributed by atoms with E-state index in [1.807, 2.05) is 23.0 Å². The Morgan fingerprint density at radius 1 is 1.15 bits per heavy atom. The second-order valence-corrected chi connectivity index (χ2v) is 5.57. The molecule has 108 valence electrons. The molecule has 4 heteroatoms. The van der Waals surface area contributed by atoms with E-state index in [4.69, 9.17) is 0 Å². The smallest absolute Gasteiger partial charge is 0.129 e. The number of rotatable bonds is 5. The number of aryl methyl sites for hydroxylation is 2. The van der Waals surface area contributed by atoms with Crippen molar-refractivity contribution in [1.29, 1.82) is 0 Å². The van der Waals surface area contributed by atoms with E-state index in [1.54, 1.807) is 13.8 Å². The summed E-state index contributed by atoms with van der Waals surface area (Å²) in [5, 5.41) is 7.68. The molecule has 0 aliphatic rings. The molecule has 0 aliphatic carbocycles. The molecular weight excluding hydrogens is 253 g/mol. The molecule has 1 aromatic carbocycles. The first-order valence-corrected chi connectivity index (χ1v) is 6.96. The molecule has 3 nitrogen and oxygen atoms in total. The minimum absolute atomic E-state index is 0.105. The first-order valence-electron chi connectivity index (χ1n) is 6.96. The molecule has 0 aliphatic heterocycles. The Labute approximate surface area is 119 Å². The molecule has 1 N–H and O–H groups in total. The van der Waals surface area contributed by atoms with Gasteiger partial charge in [-0.15, -0.1) is 0 Å². The Balaban J connectivity index is 1.92. The topological polar surface area (TPSA) is 29.9 Å². The Kier molecular flexibility index (Phi) is 4.55. The van der Waals surface area contributed by atoms with E-state index in [-0.39, 0.29) is 5.82 Å². The number of nitrogens with zero attached hydrogens (tertiary/aromatic N) is 2. The summed E-state index contributed by atoms with van der Waals surface area (Å²) in [4.78, 5) is 0. The zero-order chi connectivity index (χ0) is 14.7. The van der Waals surface area contributed by atoms with Crippen molar-refractivity contribution in [2.75, 3.05) is 0 Å². The molecular formula is C16H22FN3. The van der Waals surface area contributed by atoms with E-state index < -0.39 is 0 Å². The summed E-state index contributed by atoms with van der Waals surface area (Å²) >= 11 is 0. The number of aromatic nitrogens is 2. The number of nitrogens with one attached hydrogen (secondary N) is 1. The van der Waals surface area contributed by atoms with Gasteiger partial charge in [0, 0.05) is 30.9 Å². The predicted octanol–water partition coefficient (Wildman–Crippen LogP) is 3.51. The third-order valence-corrected chi connectivity index (χ3v) is 3.34. The van der Waals surface area contributed by atoms with Crippen molar-refractivity contribution in [3.63, 3.8) is 0 Å². The average Bonchev–Trinajstić information content (AvgIpc) is 2.85. The van der Waals surface area contributed by atoms with Crippen LogP contribution in [0.3, 0.4) is 0 Å². The van der Waals surface area contributed by atoms with Gasteiger partial charge in [0.15, 0.2) is 0 Å². The maximum atomic E-state index is 13.5. The molecule has 0 amide bonds. The van der Waals surface area contributed by atoms with Crippen LogP contribution >= 0.6 is 0 Å². The third-order valence-electron chi connectivity index (χ3n) is 3.34. The molecule has 0 bridgehead atoms. The van der Waals surface area contributed by atoms with Crippen LogP contribution in [0.1, 0.15) is 42.1 Å². The van der Waals surface area contributed by atoms with Gasteiger partial charge in [0.25, 0.3) is 0 Å². The van der Waals surface area contributed by atoms with Gasteiger partial charge < -0.3 is 5.32 Å². The lowest BCUT2D eigenvalue weighted by Gasteiger charge is -2.08. The lowest BCUT2D eigenvalue weighted by Crippen LogP contribution is -2.13. The zero-order valence-electron chi connectivity index (χ0n) is 12.6. The highest BCUT2D eigenvalue weighted by atomic mass is 19.1. The van der Waals surface area contributed by atoms with Gasteiger partial charge in [0.1, 0.15) is 5.82 Å². The van der Waals surface area contributed by atoms with E-state index in [9.17, 15) is 4.39 Å². The molecule has 0 unspecified atom stereocenters. The van der Waals surface area contributed by atoms with Crippen LogP contribution in [0.2, 0.25) is 0 Å². The van der Waals surface area contributed by atoms with Gasteiger partial charge in [-0.1, -0.05) is 12.1 Å². The molecule has 2 rings (SSSR count). The fourth-order valence-electron chi connectivity index (χ4n) is 2.24. The fourth-order valence-corrected chi connectivity index (χ4v) is 2.24. The maximum Gasteiger partial charge on any atom is 0.129 e. The number of halogens is 1. The highest BCUT2D eigenvalue weighted by molar-refractivity contribution is 5.30. The quantitative estimate of drug-likeness (QED) is 0.905. The molecule has 0 fully saturated rings. The molecule has 2 aromatic rings. The van der Waals surface area contributed by atoms with Crippen molar-refractivity contribution < 1.29 is 4.39 Å². The van der Waals surface area contributed by atoms with Gasteiger partial charge in [-0.3, -0.25) is 4.68 Å². The second-order valence-electron chi connectivity index (χ2n) is 5.57. The SMILES string of the molecule is Cc1cc(CNCc2cnn(C(C)C)c2)cc(C)c1F. The van der Waals surface area contributed by atoms with E-state index in [1.165, 1.54) is 0 Å². The van der Waals surface area contributed by atoms with Crippen LogP contribution in [0.5, 0.6) is 0 Å². The van der Waals surface area contributed by atoms with Gasteiger partial charge in [-0.05, 0) is 44.4 Å². The maximum absolute atomic E-state index is 13.5. The molecule has 20 heavy (non-hydrogen) atoms. The second kappa shape index (κ2) is 6.18. The molecule has 0 atom stereocenters. The normalized spacial score (nSPS) is 11.3. The number of hydrogen-bond donors (Lipinski definition) is 1. The van der Waals surface area contributed by atoms with Gasteiger partial charge in [-0.2, -0.15) is 5.10 Å². The largest absolute Gasteiger partial charge is 0.309 e. The van der Waals surface area contributed by atoms with Crippen LogP contribution in [0.15, 0.2) is 24.5 Å². The zero-order valence-corrected chi connectivity index (χ0v) is 12.6. The van der Waals surface area contributed by atoms with Crippen LogP contribution in [-0.4, -0.2) is 9.78 Å². The molecule has 0 spiro atoms. The summed E-state index contributed by atoms with van der Waals surface area (Å²) < 4.78 is 15.5. The van der Waals surface area contributed by atoms with Crippen LogP contribution in [0.25, 0.3) is 0 Å². The minimum atomic E-state index is -0.105. The fraction of sp³-hybridized carbons (Fsp3) is 0.438. The Morgan fingerprint density at radius 3 is 2.30 bits per heavy atom. The Morgan fingerprint density at radius 2 is 1.75 bits per heavy atom. The summed E-state index contributed by atoms with van der Waals surface area (Å²) in [6.07, 6.45) is 3.94. The van der Waals surface area contributed by atoms with Crippen molar-refractivity contribution in [3.8, 4) is 0 Å². The van der Waals surface area contributed by atoms with Crippen LogP contribution in [-0.2, 0) is 13.1 Å². The van der Waals surface area contributed by atoms with Crippen molar-refractivity contribution in [2.24, 2.45) is 0 Å². The number of benzene rings is 1.